The molecule has 0 bridgehead atoms. The number of benzene rings is 2. The van der Waals surface area contributed by atoms with E-state index in [1.165, 1.54) is 6.07 Å². The largest absolute Gasteiger partial charge is 0.490 e. The first-order chi connectivity index (χ1) is 16.3. The predicted molar refractivity (Wildman–Crippen MR) is 128 cm³/mol. The van der Waals surface area contributed by atoms with E-state index in [4.69, 9.17) is 21.1 Å². The second kappa shape index (κ2) is 11.6. The zero-order valence-electron chi connectivity index (χ0n) is 19.1. The maximum Gasteiger partial charge on any atom is 0.294 e. The Kier molecular flexibility index (Phi) is 8.53. The highest BCUT2D eigenvalue weighted by Crippen LogP contribution is 2.32. The van der Waals surface area contributed by atoms with E-state index in [1.54, 1.807) is 35.2 Å². The molecule has 0 aliphatic carbocycles. The van der Waals surface area contributed by atoms with Gasteiger partial charge in [-0.3, -0.25) is 19.7 Å². The van der Waals surface area contributed by atoms with Crippen LogP contribution < -0.4 is 19.7 Å². The third-order valence-electron chi connectivity index (χ3n) is 5.31. The number of amides is 2. The lowest BCUT2D eigenvalue weighted by molar-refractivity contribution is -0.384. The van der Waals surface area contributed by atoms with Gasteiger partial charge in [0.25, 0.3) is 11.6 Å². The number of nitro groups is 1. The third-order valence-corrected chi connectivity index (χ3v) is 5.55. The number of carbonyl (C=O) groups is 2. The van der Waals surface area contributed by atoms with Gasteiger partial charge in [0.05, 0.1) is 24.7 Å². The molecule has 1 fully saturated rings. The van der Waals surface area contributed by atoms with E-state index in [0.29, 0.717) is 67.2 Å². The molecule has 0 radical (unpaired) electrons. The molecule has 34 heavy (non-hydrogen) atoms. The normalized spacial score (nSPS) is 13.4. The van der Waals surface area contributed by atoms with Gasteiger partial charge in [0.1, 0.15) is 5.69 Å². The number of hydrogen-bond acceptors (Lipinski definition) is 7. The van der Waals surface area contributed by atoms with Crippen molar-refractivity contribution >= 4 is 34.8 Å². The molecule has 11 heteroatoms. The van der Waals surface area contributed by atoms with Gasteiger partial charge in [-0.1, -0.05) is 11.6 Å². The average molecular weight is 491 g/mol. The Balaban J connectivity index is 1.55. The molecule has 1 aliphatic heterocycles. The molecule has 0 spiro atoms. The first kappa shape index (κ1) is 25.1. The second-order valence-corrected chi connectivity index (χ2v) is 7.90. The molecule has 182 valence electrons. The number of anilines is 1. The van der Waals surface area contributed by atoms with Crippen molar-refractivity contribution in [2.75, 3.05) is 50.8 Å². The summed E-state index contributed by atoms with van der Waals surface area (Å²) in [6.45, 7) is 6.06. The number of carbonyl (C=O) groups excluding carboxylic acids is 2. The monoisotopic (exact) mass is 490 g/mol. The Labute approximate surface area is 202 Å². The number of rotatable bonds is 9. The second-order valence-electron chi connectivity index (χ2n) is 7.47. The van der Waals surface area contributed by atoms with Gasteiger partial charge in [-0.05, 0) is 44.2 Å². The zero-order chi connectivity index (χ0) is 24.7. The molecular formula is C23H27ClN4O6. The van der Waals surface area contributed by atoms with Gasteiger partial charge in [0.15, 0.2) is 11.5 Å². The van der Waals surface area contributed by atoms with Crippen molar-refractivity contribution in [3.8, 4) is 11.5 Å². The number of ether oxygens (including phenoxy) is 2. The molecule has 1 heterocycles. The Morgan fingerprint density at radius 1 is 1.03 bits per heavy atom. The molecule has 1 saturated heterocycles. The first-order valence-corrected chi connectivity index (χ1v) is 11.4. The van der Waals surface area contributed by atoms with E-state index in [9.17, 15) is 19.7 Å². The van der Waals surface area contributed by atoms with Crippen molar-refractivity contribution in [1.82, 2.24) is 10.2 Å². The quantitative estimate of drug-likeness (QED) is 0.424. The number of nitro benzene ring substituents is 1. The van der Waals surface area contributed by atoms with Gasteiger partial charge in [-0.25, -0.2) is 0 Å². The topological polar surface area (TPSA) is 114 Å². The average Bonchev–Trinajstić information content (AvgIpc) is 2.83. The maximum absolute atomic E-state index is 12.6. The Hall–Kier alpha value is -3.53. The summed E-state index contributed by atoms with van der Waals surface area (Å²) in [7, 11) is 0. The number of nitrogens with zero attached hydrogens (tertiary/aromatic N) is 3. The summed E-state index contributed by atoms with van der Waals surface area (Å²) in [6.07, 6.45) is 0. The highest BCUT2D eigenvalue weighted by atomic mass is 35.5. The lowest BCUT2D eigenvalue weighted by Gasteiger charge is -2.35. The van der Waals surface area contributed by atoms with Crippen LogP contribution in [0, 0.1) is 10.1 Å². The fraction of sp³-hybridized carbons (Fsp3) is 0.391. The fourth-order valence-electron chi connectivity index (χ4n) is 3.67. The Bertz CT molecular complexity index is 1060. The van der Waals surface area contributed by atoms with Crippen molar-refractivity contribution in [3.63, 3.8) is 0 Å². The number of nitrogens with one attached hydrogen (secondary N) is 1. The van der Waals surface area contributed by atoms with Crippen molar-refractivity contribution < 1.29 is 24.0 Å². The number of halogens is 1. The summed E-state index contributed by atoms with van der Waals surface area (Å²) in [6, 6.07) is 9.42. The van der Waals surface area contributed by atoms with Crippen LogP contribution in [0.15, 0.2) is 36.4 Å². The van der Waals surface area contributed by atoms with Crippen LogP contribution in [-0.4, -0.2) is 67.6 Å². The van der Waals surface area contributed by atoms with Crippen LogP contribution in [0.3, 0.4) is 0 Å². The minimum Gasteiger partial charge on any atom is -0.490 e. The van der Waals surface area contributed by atoms with E-state index in [0.717, 1.165) is 0 Å². The molecule has 0 atom stereocenters. The summed E-state index contributed by atoms with van der Waals surface area (Å²) in [4.78, 5) is 39.6. The summed E-state index contributed by atoms with van der Waals surface area (Å²) < 4.78 is 11.0. The van der Waals surface area contributed by atoms with Crippen LogP contribution in [0.2, 0.25) is 5.02 Å². The van der Waals surface area contributed by atoms with Gasteiger partial charge in [-0.2, -0.15) is 0 Å². The number of hydrogen-bond donors (Lipinski definition) is 1. The van der Waals surface area contributed by atoms with E-state index < -0.39 is 10.8 Å². The first-order valence-electron chi connectivity index (χ1n) is 11.0. The Morgan fingerprint density at radius 3 is 2.35 bits per heavy atom. The molecule has 2 aromatic carbocycles. The molecule has 1 aliphatic rings. The highest BCUT2D eigenvalue weighted by Gasteiger charge is 2.26. The molecular weight excluding hydrogens is 464 g/mol. The van der Waals surface area contributed by atoms with Crippen LogP contribution in [0.25, 0.3) is 0 Å². The van der Waals surface area contributed by atoms with Crippen molar-refractivity contribution in [2.24, 2.45) is 0 Å². The minimum absolute atomic E-state index is 0.0682. The lowest BCUT2D eigenvalue weighted by atomic mass is 10.2. The van der Waals surface area contributed by atoms with E-state index in [-0.39, 0.29) is 18.1 Å². The Morgan fingerprint density at radius 2 is 1.71 bits per heavy atom. The van der Waals surface area contributed by atoms with E-state index in [2.05, 4.69) is 5.32 Å². The molecule has 0 unspecified atom stereocenters. The summed E-state index contributed by atoms with van der Waals surface area (Å²) in [5.74, 6) is 0.397. The molecule has 1 N–H and O–H groups in total. The van der Waals surface area contributed by atoms with Crippen LogP contribution in [0.1, 0.15) is 24.2 Å². The van der Waals surface area contributed by atoms with Crippen LogP contribution in [0.5, 0.6) is 11.5 Å². The van der Waals surface area contributed by atoms with E-state index >= 15 is 0 Å². The SMILES string of the molecule is CCOc1ccc(C(=O)NCC(=O)N2CCN(c3ccc(Cl)cc3[N+](=O)[O-])CC2)cc1OCC. The lowest BCUT2D eigenvalue weighted by Crippen LogP contribution is -2.51. The smallest absolute Gasteiger partial charge is 0.294 e. The van der Waals surface area contributed by atoms with E-state index in [1.807, 2.05) is 18.7 Å². The zero-order valence-corrected chi connectivity index (χ0v) is 19.8. The molecule has 3 rings (SSSR count). The maximum atomic E-state index is 12.6. The van der Waals surface area contributed by atoms with Gasteiger partial charge in [0, 0.05) is 42.8 Å². The van der Waals surface area contributed by atoms with Crippen LogP contribution in [0.4, 0.5) is 11.4 Å². The van der Waals surface area contributed by atoms with Gasteiger partial charge >= 0.3 is 0 Å². The summed E-state index contributed by atoms with van der Waals surface area (Å²) in [5, 5.41) is 14.3. The van der Waals surface area contributed by atoms with Gasteiger partial charge in [0.2, 0.25) is 5.91 Å². The third kappa shape index (κ3) is 6.07. The van der Waals surface area contributed by atoms with Crippen molar-refractivity contribution in [1.29, 1.82) is 0 Å². The molecule has 2 aromatic rings. The van der Waals surface area contributed by atoms with Gasteiger partial charge in [-0.15, -0.1) is 0 Å². The standard InChI is InChI=1S/C23H27ClN4O6/c1-3-33-20-8-5-16(13-21(20)34-4-2)23(30)25-15-22(29)27-11-9-26(10-12-27)18-7-6-17(24)14-19(18)28(31)32/h5-8,13-14H,3-4,9-12,15H2,1-2H3,(H,25,30). The molecule has 10 nitrogen and oxygen atoms in total. The number of piperazine rings is 1. The van der Waals surface area contributed by atoms with Crippen LogP contribution in [-0.2, 0) is 4.79 Å². The van der Waals surface area contributed by atoms with Crippen LogP contribution >= 0.6 is 11.6 Å². The fourth-order valence-corrected chi connectivity index (χ4v) is 3.84. The highest BCUT2D eigenvalue weighted by molar-refractivity contribution is 6.30. The molecule has 2 amide bonds. The van der Waals surface area contributed by atoms with Gasteiger partial charge < -0.3 is 24.6 Å². The minimum atomic E-state index is -0.466. The summed E-state index contributed by atoms with van der Waals surface area (Å²) in [5.41, 5.74) is 0.760. The van der Waals surface area contributed by atoms with Crippen molar-refractivity contribution in [2.45, 2.75) is 13.8 Å². The predicted octanol–water partition coefficient (Wildman–Crippen LogP) is 3.12. The molecule has 0 saturated carbocycles. The molecule has 0 aromatic heterocycles. The van der Waals surface area contributed by atoms with Crippen molar-refractivity contribution in [3.05, 3.63) is 57.1 Å². The summed E-state index contributed by atoms with van der Waals surface area (Å²) >= 11 is 5.89.